The molecule has 0 heterocycles. The molecule has 2 aromatic carbocycles. The van der Waals surface area contributed by atoms with E-state index in [1.165, 1.54) is 0 Å². The van der Waals surface area contributed by atoms with Crippen molar-refractivity contribution in [1.29, 1.82) is 0 Å². The van der Waals surface area contributed by atoms with Crippen LogP contribution in [0.15, 0.2) is 48.5 Å². The zero-order valence-electron chi connectivity index (χ0n) is 15.0. The standard InChI is InChI=1S/C20H23NO5/c1-3-5-14-25-17-10-12-18(13-11-17)26-20(23)21-16-8-6-15(7-9-16)19(22)24-4-2/h6-13H,3-5,14H2,1-2H3,(H,21,23). The van der Waals surface area contributed by atoms with Gasteiger partial charge in [0.1, 0.15) is 11.5 Å². The lowest BCUT2D eigenvalue weighted by molar-refractivity contribution is 0.0526. The second-order valence-electron chi connectivity index (χ2n) is 5.49. The first kappa shape index (κ1) is 19.3. The minimum Gasteiger partial charge on any atom is -0.494 e. The Morgan fingerprint density at radius 3 is 2.19 bits per heavy atom. The topological polar surface area (TPSA) is 73.9 Å². The number of unbranched alkanes of at least 4 members (excludes halogenated alkanes) is 1. The van der Waals surface area contributed by atoms with E-state index in [1.807, 2.05) is 0 Å². The predicted molar refractivity (Wildman–Crippen MR) is 98.9 cm³/mol. The van der Waals surface area contributed by atoms with E-state index in [9.17, 15) is 9.59 Å². The van der Waals surface area contributed by atoms with Crippen molar-refractivity contribution < 1.29 is 23.8 Å². The molecule has 0 saturated heterocycles. The van der Waals surface area contributed by atoms with Gasteiger partial charge in [0.05, 0.1) is 18.8 Å². The predicted octanol–water partition coefficient (Wildman–Crippen LogP) is 4.65. The number of anilines is 1. The number of benzene rings is 2. The van der Waals surface area contributed by atoms with Crippen LogP contribution < -0.4 is 14.8 Å². The highest BCUT2D eigenvalue weighted by Gasteiger charge is 2.08. The van der Waals surface area contributed by atoms with Crippen LogP contribution in [0.2, 0.25) is 0 Å². The molecule has 0 aliphatic rings. The number of amides is 1. The lowest BCUT2D eigenvalue weighted by Gasteiger charge is -2.09. The number of nitrogens with one attached hydrogen (secondary N) is 1. The minimum absolute atomic E-state index is 0.313. The van der Waals surface area contributed by atoms with Gasteiger partial charge in [-0.2, -0.15) is 0 Å². The van der Waals surface area contributed by atoms with Gasteiger partial charge in [-0.1, -0.05) is 13.3 Å². The van der Waals surface area contributed by atoms with E-state index >= 15 is 0 Å². The Hall–Kier alpha value is -3.02. The van der Waals surface area contributed by atoms with E-state index in [0.717, 1.165) is 18.6 Å². The summed E-state index contributed by atoms with van der Waals surface area (Å²) in [5.74, 6) is 0.747. The van der Waals surface area contributed by atoms with Gasteiger partial charge in [0.2, 0.25) is 0 Å². The first-order valence-electron chi connectivity index (χ1n) is 8.61. The van der Waals surface area contributed by atoms with Crippen LogP contribution in [-0.4, -0.2) is 25.3 Å². The molecule has 2 aromatic rings. The second kappa shape index (κ2) is 10.1. The fourth-order valence-corrected chi connectivity index (χ4v) is 2.09. The van der Waals surface area contributed by atoms with Gasteiger partial charge in [0, 0.05) is 5.69 Å². The van der Waals surface area contributed by atoms with E-state index < -0.39 is 12.1 Å². The molecule has 0 bridgehead atoms. The average molecular weight is 357 g/mol. The Kier molecular flexibility index (Phi) is 7.49. The van der Waals surface area contributed by atoms with Crippen molar-refractivity contribution >= 4 is 17.7 Å². The van der Waals surface area contributed by atoms with Gasteiger partial charge >= 0.3 is 12.1 Å². The van der Waals surface area contributed by atoms with E-state index in [4.69, 9.17) is 14.2 Å². The number of hydrogen-bond donors (Lipinski definition) is 1. The largest absolute Gasteiger partial charge is 0.494 e. The Bertz CT molecular complexity index is 710. The molecule has 0 aromatic heterocycles. The minimum atomic E-state index is -0.617. The van der Waals surface area contributed by atoms with Crippen LogP contribution >= 0.6 is 0 Å². The molecule has 1 N–H and O–H groups in total. The van der Waals surface area contributed by atoms with Crippen molar-refractivity contribution in [2.24, 2.45) is 0 Å². The fourth-order valence-electron chi connectivity index (χ4n) is 2.09. The van der Waals surface area contributed by atoms with Gasteiger partial charge < -0.3 is 14.2 Å². The summed E-state index contributed by atoms with van der Waals surface area (Å²) in [5, 5.41) is 2.60. The first-order valence-corrected chi connectivity index (χ1v) is 8.61. The maximum Gasteiger partial charge on any atom is 0.417 e. The number of carbonyl (C=O) groups excluding carboxylic acids is 2. The van der Waals surface area contributed by atoms with Crippen molar-refractivity contribution in [1.82, 2.24) is 0 Å². The maximum atomic E-state index is 11.9. The summed E-state index contributed by atoms with van der Waals surface area (Å²) in [6.45, 7) is 4.82. The van der Waals surface area contributed by atoms with Crippen LogP contribution in [0.3, 0.4) is 0 Å². The number of ether oxygens (including phenoxy) is 3. The zero-order valence-corrected chi connectivity index (χ0v) is 15.0. The number of esters is 1. The van der Waals surface area contributed by atoms with Crippen LogP contribution in [-0.2, 0) is 4.74 Å². The van der Waals surface area contributed by atoms with Crippen LogP contribution in [0.1, 0.15) is 37.0 Å². The van der Waals surface area contributed by atoms with Crippen molar-refractivity contribution in [3.05, 3.63) is 54.1 Å². The van der Waals surface area contributed by atoms with Gasteiger partial charge in [0.15, 0.2) is 0 Å². The summed E-state index contributed by atoms with van der Waals surface area (Å²) < 4.78 is 15.7. The Morgan fingerprint density at radius 2 is 1.58 bits per heavy atom. The summed E-state index contributed by atoms with van der Waals surface area (Å²) in [6, 6.07) is 13.2. The quantitative estimate of drug-likeness (QED) is 0.550. The van der Waals surface area contributed by atoms with Crippen LogP contribution in [0.25, 0.3) is 0 Å². The first-order chi connectivity index (χ1) is 12.6. The molecule has 6 heteroatoms. The molecular formula is C20H23NO5. The van der Waals surface area contributed by atoms with E-state index in [1.54, 1.807) is 55.5 Å². The molecule has 1 amide bonds. The third-order valence-electron chi connectivity index (χ3n) is 3.44. The van der Waals surface area contributed by atoms with E-state index in [-0.39, 0.29) is 0 Å². The Balaban J connectivity index is 1.85. The van der Waals surface area contributed by atoms with E-state index in [0.29, 0.717) is 30.2 Å². The molecular weight excluding hydrogens is 334 g/mol. The van der Waals surface area contributed by atoms with Gasteiger partial charge in [0.25, 0.3) is 0 Å². The van der Waals surface area contributed by atoms with Crippen molar-refractivity contribution in [2.45, 2.75) is 26.7 Å². The van der Waals surface area contributed by atoms with Crippen LogP contribution in [0, 0.1) is 0 Å². The molecule has 2 rings (SSSR count). The summed E-state index contributed by atoms with van der Waals surface area (Å²) in [6.07, 6.45) is 1.45. The Morgan fingerprint density at radius 1 is 0.923 bits per heavy atom. The number of hydrogen-bond acceptors (Lipinski definition) is 5. The highest BCUT2D eigenvalue weighted by Crippen LogP contribution is 2.19. The molecule has 26 heavy (non-hydrogen) atoms. The molecule has 0 fully saturated rings. The Labute approximate surface area is 153 Å². The summed E-state index contributed by atoms with van der Waals surface area (Å²) in [4.78, 5) is 23.5. The van der Waals surface area contributed by atoms with E-state index in [2.05, 4.69) is 12.2 Å². The number of carbonyl (C=O) groups is 2. The maximum absolute atomic E-state index is 11.9. The third-order valence-corrected chi connectivity index (χ3v) is 3.44. The third kappa shape index (κ3) is 6.12. The lowest BCUT2D eigenvalue weighted by Crippen LogP contribution is -2.16. The fraction of sp³-hybridized carbons (Fsp3) is 0.300. The SMILES string of the molecule is CCCCOc1ccc(OC(=O)Nc2ccc(C(=O)OCC)cc2)cc1. The molecule has 138 valence electrons. The van der Waals surface area contributed by atoms with Crippen LogP contribution in [0.5, 0.6) is 11.5 Å². The highest BCUT2D eigenvalue weighted by molar-refractivity contribution is 5.91. The summed E-state index contributed by atoms with van der Waals surface area (Å²) >= 11 is 0. The summed E-state index contributed by atoms with van der Waals surface area (Å²) in [7, 11) is 0. The molecule has 0 saturated carbocycles. The normalized spacial score (nSPS) is 10.1. The average Bonchev–Trinajstić information content (AvgIpc) is 2.64. The summed E-state index contributed by atoms with van der Waals surface area (Å²) in [5.41, 5.74) is 0.937. The van der Waals surface area contributed by atoms with Crippen LogP contribution in [0.4, 0.5) is 10.5 Å². The lowest BCUT2D eigenvalue weighted by atomic mass is 10.2. The molecule has 0 aliphatic carbocycles. The monoisotopic (exact) mass is 357 g/mol. The molecule has 0 unspecified atom stereocenters. The van der Waals surface area contributed by atoms with Gasteiger partial charge in [-0.05, 0) is 61.9 Å². The smallest absolute Gasteiger partial charge is 0.417 e. The molecule has 0 spiro atoms. The zero-order chi connectivity index (χ0) is 18.8. The van der Waals surface area contributed by atoms with Crippen molar-refractivity contribution in [3.8, 4) is 11.5 Å². The van der Waals surface area contributed by atoms with Crippen molar-refractivity contribution in [3.63, 3.8) is 0 Å². The van der Waals surface area contributed by atoms with Gasteiger partial charge in [-0.15, -0.1) is 0 Å². The molecule has 6 nitrogen and oxygen atoms in total. The molecule has 0 radical (unpaired) electrons. The van der Waals surface area contributed by atoms with Crippen molar-refractivity contribution in [2.75, 3.05) is 18.5 Å². The highest BCUT2D eigenvalue weighted by atomic mass is 16.6. The molecule has 0 atom stereocenters. The van der Waals surface area contributed by atoms with Gasteiger partial charge in [-0.3, -0.25) is 5.32 Å². The second-order valence-corrected chi connectivity index (χ2v) is 5.49. The molecule has 0 aliphatic heterocycles. The number of rotatable bonds is 8. The van der Waals surface area contributed by atoms with Gasteiger partial charge in [-0.25, -0.2) is 9.59 Å².